The fourth-order valence-electron chi connectivity index (χ4n) is 3.12. The number of rotatable bonds is 7. The minimum absolute atomic E-state index is 0.0303. The maximum atomic E-state index is 13.0. The molecule has 0 aromatic heterocycles. The van der Waals surface area contributed by atoms with Gasteiger partial charge in [0.15, 0.2) is 0 Å². The number of ether oxygens (including phenoxy) is 2. The van der Waals surface area contributed by atoms with Gasteiger partial charge in [0.2, 0.25) is 5.91 Å². The second-order valence-corrected chi connectivity index (χ2v) is 8.81. The molecule has 1 aromatic carbocycles. The van der Waals surface area contributed by atoms with Crippen molar-refractivity contribution in [3.05, 3.63) is 29.8 Å². The lowest BCUT2D eigenvalue weighted by molar-refractivity contribution is -0.134. The third-order valence-corrected chi connectivity index (χ3v) is 4.70. The number of hydrogen-bond donors (Lipinski definition) is 0. The molecule has 162 valence electrons. The number of amides is 2. The predicted octanol–water partition coefficient (Wildman–Crippen LogP) is 3.13. The van der Waals surface area contributed by atoms with Crippen LogP contribution in [0.25, 0.3) is 0 Å². The lowest BCUT2D eigenvalue weighted by atomic mass is 10.1. The van der Waals surface area contributed by atoms with Crippen LogP contribution >= 0.6 is 0 Å². The molecule has 29 heavy (non-hydrogen) atoms. The van der Waals surface area contributed by atoms with Crippen molar-refractivity contribution in [2.45, 2.75) is 51.9 Å². The van der Waals surface area contributed by atoms with E-state index >= 15 is 0 Å². The summed E-state index contributed by atoms with van der Waals surface area (Å²) >= 11 is 0. The summed E-state index contributed by atoms with van der Waals surface area (Å²) in [7, 11) is 5.58. The van der Waals surface area contributed by atoms with Crippen LogP contribution in [0.2, 0.25) is 0 Å². The van der Waals surface area contributed by atoms with Gasteiger partial charge in [-0.1, -0.05) is 12.1 Å². The van der Waals surface area contributed by atoms with E-state index < -0.39 is 11.7 Å². The van der Waals surface area contributed by atoms with Gasteiger partial charge >= 0.3 is 6.09 Å². The first kappa shape index (κ1) is 23.0. The van der Waals surface area contributed by atoms with Crippen molar-refractivity contribution in [3.63, 3.8) is 0 Å². The highest BCUT2D eigenvalue weighted by Crippen LogP contribution is 2.18. The largest absolute Gasteiger partial charge is 0.444 e. The maximum absolute atomic E-state index is 13.0. The van der Waals surface area contributed by atoms with Crippen molar-refractivity contribution in [1.29, 1.82) is 0 Å². The fourth-order valence-corrected chi connectivity index (χ4v) is 3.12. The van der Waals surface area contributed by atoms with Crippen LogP contribution < -0.4 is 4.90 Å². The third kappa shape index (κ3) is 7.57. The minimum atomic E-state index is -0.597. The number of anilines is 1. The number of carbonyl (C=O) groups is 2. The van der Waals surface area contributed by atoms with Crippen molar-refractivity contribution in [2.75, 3.05) is 45.7 Å². The molecule has 0 spiro atoms. The van der Waals surface area contributed by atoms with Crippen molar-refractivity contribution in [3.8, 4) is 0 Å². The van der Waals surface area contributed by atoms with Gasteiger partial charge in [0.25, 0.3) is 0 Å². The SMILES string of the molecule is CN(CC(=O)N(Cc1ccc(N(C)C)cc1)CC1CCCO1)C(=O)OC(C)(C)C. The molecule has 0 aliphatic carbocycles. The number of carbonyl (C=O) groups excluding carboxylic acids is 2. The summed E-state index contributed by atoms with van der Waals surface area (Å²) in [5.74, 6) is -0.120. The predicted molar refractivity (Wildman–Crippen MR) is 114 cm³/mol. The van der Waals surface area contributed by atoms with Gasteiger partial charge in [-0.2, -0.15) is 0 Å². The molecule has 1 saturated heterocycles. The van der Waals surface area contributed by atoms with E-state index in [0.29, 0.717) is 13.1 Å². The monoisotopic (exact) mass is 405 g/mol. The molecular weight excluding hydrogens is 370 g/mol. The van der Waals surface area contributed by atoms with E-state index in [9.17, 15) is 9.59 Å². The van der Waals surface area contributed by atoms with Gasteiger partial charge in [0.05, 0.1) is 6.10 Å². The van der Waals surface area contributed by atoms with Crippen molar-refractivity contribution >= 4 is 17.7 Å². The number of hydrogen-bond acceptors (Lipinski definition) is 5. The summed E-state index contributed by atoms with van der Waals surface area (Å²) in [6, 6.07) is 8.14. The van der Waals surface area contributed by atoms with Gasteiger partial charge in [0.1, 0.15) is 12.1 Å². The summed E-state index contributed by atoms with van der Waals surface area (Å²) < 4.78 is 11.1. The Kier molecular flexibility index (Phi) is 7.90. The Morgan fingerprint density at radius 1 is 1.14 bits per heavy atom. The van der Waals surface area contributed by atoms with Crippen molar-refractivity contribution in [2.24, 2.45) is 0 Å². The molecule has 2 amide bonds. The zero-order valence-corrected chi connectivity index (χ0v) is 18.6. The van der Waals surface area contributed by atoms with E-state index in [4.69, 9.17) is 9.47 Å². The van der Waals surface area contributed by atoms with Gasteiger partial charge in [-0.15, -0.1) is 0 Å². The maximum Gasteiger partial charge on any atom is 0.410 e. The second kappa shape index (κ2) is 9.96. The van der Waals surface area contributed by atoms with Crippen LogP contribution in [0.4, 0.5) is 10.5 Å². The highest BCUT2D eigenvalue weighted by Gasteiger charge is 2.26. The van der Waals surface area contributed by atoms with Gasteiger partial charge in [-0.25, -0.2) is 4.79 Å². The minimum Gasteiger partial charge on any atom is -0.444 e. The summed E-state index contributed by atoms with van der Waals surface area (Å²) in [5.41, 5.74) is 1.55. The van der Waals surface area contributed by atoms with E-state index in [1.807, 2.05) is 64.0 Å². The summed E-state index contributed by atoms with van der Waals surface area (Å²) in [5, 5.41) is 0. The van der Waals surface area contributed by atoms with E-state index in [1.165, 1.54) is 4.90 Å². The van der Waals surface area contributed by atoms with Crippen LogP contribution in [-0.4, -0.2) is 74.3 Å². The second-order valence-electron chi connectivity index (χ2n) is 8.81. The van der Waals surface area contributed by atoms with E-state index in [1.54, 1.807) is 11.9 Å². The fraction of sp³-hybridized carbons (Fsp3) is 0.636. The molecule has 1 unspecified atom stereocenters. The first-order valence-electron chi connectivity index (χ1n) is 10.1. The van der Waals surface area contributed by atoms with Crippen LogP contribution in [-0.2, 0) is 20.8 Å². The first-order valence-corrected chi connectivity index (χ1v) is 10.1. The molecular formula is C22H35N3O4. The molecule has 0 bridgehead atoms. The van der Waals surface area contributed by atoms with Gasteiger partial charge in [0, 0.05) is 46.5 Å². The lowest BCUT2D eigenvalue weighted by Gasteiger charge is -2.29. The van der Waals surface area contributed by atoms with Crippen LogP contribution in [0.15, 0.2) is 24.3 Å². The van der Waals surface area contributed by atoms with Crippen molar-refractivity contribution in [1.82, 2.24) is 9.80 Å². The lowest BCUT2D eigenvalue weighted by Crippen LogP contribution is -2.44. The number of nitrogens with zero attached hydrogens (tertiary/aromatic N) is 3. The topological polar surface area (TPSA) is 62.3 Å². The third-order valence-electron chi connectivity index (χ3n) is 4.70. The Hall–Kier alpha value is -2.28. The van der Waals surface area contributed by atoms with E-state index in [2.05, 4.69) is 0 Å². The average Bonchev–Trinajstić information content (AvgIpc) is 3.13. The molecule has 0 N–H and O–H groups in total. The molecule has 0 saturated carbocycles. The molecule has 7 nitrogen and oxygen atoms in total. The molecule has 1 heterocycles. The zero-order chi connectivity index (χ0) is 21.6. The smallest absolute Gasteiger partial charge is 0.410 e. The Morgan fingerprint density at radius 2 is 1.79 bits per heavy atom. The molecule has 1 atom stereocenters. The zero-order valence-electron chi connectivity index (χ0n) is 18.6. The Balaban J connectivity index is 2.05. The van der Waals surface area contributed by atoms with Crippen LogP contribution in [0.3, 0.4) is 0 Å². The Morgan fingerprint density at radius 3 is 2.31 bits per heavy atom. The highest BCUT2D eigenvalue weighted by molar-refractivity contribution is 5.82. The number of likely N-dealkylation sites (N-methyl/N-ethyl adjacent to an activating group) is 1. The molecule has 1 aromatic rings. The average molecular weight is 406 g/mol. The van der Waals surface area contributed by atoms with Crippen LogP contribution in [0.5, 0.6) is 0 Å². The highest BCUT2D eigenvalue weighted by atomic mass is 16.6. The summed E-state index contributed by atoms with van der Waals surface area (Å²) in [6.45, 7) is 7.13. The molecule has 0 radical (unpaired) electrons. The Labute approximate surface area is 174 Å². The quantitative estimate of drug-likeness (QED) is 0.697. The van der Waals surface area contributed by atoms with Gasteiger partial charge in [-0.05, 0) is 51.3 Å². The summed E-state index contributed by atoms with van der Waals surface area (Å²) in [4.78, 5) is 30.4. The molecule has 2 rings (SSSR count). The van der Waals surface area contributed by atoms with E-state index in [0.717, 1.165) is 30.7 Å². The Bertz CT molecular complexity index is 676. The van der Waals surface area contributed by atoms with Gasteiger partial charge in [-0.3, -0.25) is 4.79 Å². The molecule has 1 aliphatic heterocycles. The molecule has 1 aliphatic rings. The van der Waals surface area contributed by atoms with Crippen molar-refractivity contribution < 1.29 is 19.1 Å². The summed E-state index contributed by atoms with van der Waals surface area (Å²) in [6.07, 6.45) is 1.51. The van der Waals surface area contributed by atoms with Crippen LogP contribution in [0, 0.1) is 0 Å². The number of benzene rings is 1. The van der Waals surface area contributed by atoms with Crippen LogP contribution in [0.1, 0.15) is 39.2 Å². The van der Waals surface area contributed by atoms with E-state index in [-0.39, 0.29) is 18.6 Å². The first-order chi connectivity index (χ1) is 13.5. The normalized spacial score (nSPS) is 16.4. The van der Waals surface area contributed by atoms with Gasteiger partial charge < -0.3 is 24.2 Å². The molecule has 7 heteroatoms. The standard InChI is InChI=1S/C22H35N3O4/c1-22(2,3)29-21(27)24(6)16-20(26)25(15-19-8-7-13-28-19)14-17-9-11-18(12-10-17)23(4)5/h9-12,19H,7-8,13-16H2,1-6H3. The molecule has 1 fully saturated rings.